The molecule has 3 heteroatoms. The smallest absolute Gasteiger partial charge is 0.167 e. The normalized spacial score (nSPS) is 10.5. The summed E-state index contributed by atoms with van der Waals surface area (Å²) in [5.41, 5.74) is 2.20. The fourth-order valence-electron chi connectivity index (χ4n) is 2.08. The first kappa shape index (κ1) is 13.4. The molecule has 2 rings (SSSR count). The molecule has 0 heterocycles. The first-order valence-electron chi connectivity index (χ1n) is 6.02. The molecule has 0 saturated heterocycles. The number of ketones is 1. The summed E-state index contributed by atoms with van der Waals surface area (Å²) in [5.74, 6) is -1.64. The summed E-state index contributed by atoms with van der Waals surface area (Å²) < 4.78 is 27.0. The van der Waals surface area contributed by atoms with Crippen LogP contribution in [0.1, 0.15) is 27.0 Å². The van der Waals surface area contributed by atoms with Crippen LogP contribution in [-0.4, -0.2) is 5.78 Å². The van der Waals surface area contributed by atoms with Crippen LogP contribution in [0.25, 0.3) is 0 Å². The molecule has 0 bridgehead atoms. The van der Waals surface area contributed by atoms with Crippen LogP contribution in [0.5, 0.6) is 0 Å². The zero-order chi connectivity index (χ0) is 14.0. The van der Waals surface area contributed by atoms with Gasteiger partial charge in [-0.2, -0.15) is 0 Å². The van der Waals surface area contributed by atoms with E-state index in [1.807, 2.05) is 26.0 Å². The van der Waals surface area contributed by atoms with Crippen molar-refractivity contribution < 1.29 is 13.6 Å². The molecular weight excluding hydrogens is 246 g/mol. The molecule has 0 radical (unpaired) electrons. The largest absolute Gasteiger partial charge is 0.294 e. The first-order valence-corrected chi connectivity index (χ1v) is 6.02. The van der Waals surface area contributed by atoms with Gasteiger partial charge in [0.2, 0.25) is 0 Å². The Kier molecular flexibility index (Phi) is 3.74. The van der Waals surface area contributed by atoms with E-state index in [0.717, 1.165) is 23.3 Å². The zero-order valence-electron chi connectivity index (χ0n) is 10.8. The molecule has 0 spiro atoms. The Labute approximate surface area is 110 Å². The fraction of sp³-hybridized carbons (Fsp3) is 0.188. The van der Waals surface area contributed by atoms with Crippen LogP contribution in [0.2, 0.25) is 0 Å². The predicted octanol–water partition coefficient (Wildman–Crippen LogP) is 4.01. The Bertz CT molecular complexity index is 612. The highest BCUT2D eigenvalue weighted by Crippen LogP contribution is 2.17. The van der Waals surface area contributed by atoms with E-state index < -0.39 is 11.6 Å². The van der Waals surface area contributed by atoms with Crippen LogP contribution in [0, 0.1) is 25.5 Å². The minimum Gasteiger partial charge on any atom is -0.294 e. The Morgan fingerprint density at radius 1 is 1.05 bits per heavy atom. The summed E-state index contributed by atoms with van der Waals surface area (Å²) >= 11 is 0. The number of rotatable bonds is 3. The van der Waals surface area contributed by atoms with E-state index in [2.05, 4.69) is 0 Å². The number of benzene rings is 2. The number of carbonyl (C=O) groups excluding carboxylic acids is 1. The Balaban J connectivity index is 2.31. The maximum absolute atomic E-state index is 13.5. The highest BCUT2D eigenvalue weighted by Gasteiger charge is 2.15. The Morgan fingerprint density at radius 3 is 2.26 bits per heavy atom. The lowest BCUT2D eigenvalue weighted by molar-refractivity contribution is 0.0990. The van der Waals surface area contributed by atoms with Crippen LogP contribution >= 0.6 is 0 Å². The minimum absolute atomic E-state index is 0.174. The summed E-state index contributed by atoms with van der Waals surface area (Å²) in [4.78, 5) is 12.1. The molecular formula is C16H14F2O. The standard InChI is InChI=1S/C16H14F2O/c1-10-6-7-12(11(2)8-10)16(19)9-13-14(17)4-3-5-15(13)18/h3-8H,9H2,1-2H3. The second kappa shape index (κ2) is 5.31. The van der Waals surface area contributed by atoms with Gasteiger partial charge in [-0.15, -0.1) is 0 Å². The number of halogens is 2. The van der Waals surface area contributed by atoms with Gasteiger partial charge >= 0.3 is 0 Å². The van der Waals surface area contributed by atoms with Gasteiger partial charge in [-0.3, -0.25) is 4.79 Å². The number of Topliss-reactive ketones (excluding diaryl/α,β-unsaturated/α-hetero) is 1. The van der Waals surface area contributed by atoms with Crippen molar-refractivity contribution in [2.24, 2.45) is 0 Å². The highest BCUT2D eigenvalue weighted by atomic mass is 19.1. The third kappa shape index (κ3) is 2.87. The summed E-state index contributed by atoms with van der Waals surface area (Å²) in [7, 11) is 0. The molecule has 0 atom stereocenters. The zero-order valence-corrected chi connectivity index (χ0v) is 10.8. The van der Waals surface area contributed by atoms with E-state index in [1.54, 1.807) is 6.07 Å². The van der Waals surface area contributed by atoms with Gasteiger partial charge in [0.05, 0.1) is 0 Å². The molecule has 0 aliphatic carbocycles. The summed E-state index contributed by atoms with van der Waals surface area (Å²) in [6, 6.07) is 9.01. The minimum atomic E-state index is -0.682. The molecule has 2 aromatic carbocycles. The molecule has 0 fully saturated rings. The van der Waals surface area contributed by atoms with Gasteiger partial charge in [0, 0.05) is 17.5 Å². The van der Waals surface area contributed by atoms with Crippen LogP contribution in [0.15, 0.2) is 36.4 Å². The van der Waals surface area contributed by atoms with E-state index in [-0.39, 0.29) is 17.8 Å². The molecule has 98 valence electrons. The summed E-state index contributed by atoms with van der Waals surface area (Å²) in [6.45, 7) is 3.75. The highest BCUT2D eigenvalue weighted by molar-refractivity contribution is 5.98. The summed E-state index contributed by atoms with van der Waals surface area (Å²) in [6.07, 6.45) is -0.262. The van der Waals surface area contributed by atoms with Crippen LogP contribution < -0.4 is 0 Å². The lowest BCUT2D eigenvalue weighted by Crippen LogP contribution is -2.09. The molecule has 2 aromatic rings. The van der Waals surface area contributed by atoms with Crippen LogP contribution in [-0.2, 0) is 6.42 Å². The van der Waals surface area contributed by atoms with E-state index in [1.165, 1.54) is 6.07 Å². The van der Waals surface area contributed by atoms with Crippen molar-refractivity contribution >= 4 is 5.78 Å². The van der Waals surface area contributed by atoms with Gasteiger partial charge in [0.15, 0.2) is 5.78 Å². The number of carbonyl (C=O) groups is 1. The van der Waals surface area contributed by atoms with Crippen molar-refractivity contribution in [3.05, 3.63) is 70.3 Å². The van der Waals surface area contributed by atoms with Gasteiger partial charge in [0.1, 0.15) is 11.6 Å². The molecule has 0 amide bonds. The molecule has 1 nitrogen and oxygen atoms in total. The van der Waals surface area contributed by atoms with Crippen molar-refractivity contribution in [3.8, 4) is 0 Å². The monoisotopic (exact) mass is 260 g/mol. The molecule has 0 saturated carbocycles. The second-order valence-corrected chi connectivity index (χ2v) is 4.62. The third-order valence-corrected chi connectivity index (χ3v) is 3.08. The molecule has 0 aliphatic heterocycles. The van der Waals surface area contributed by atoms with Crippen LogP contribution in [0.4, 0.5) is 8.78 Å². The number of hydrogen-bond donors (Lipinski definition) is 0. The molecule has 0 unspecified atom stereocenters. The SMILES string of the molecule is Cc1ccc(C(=O)Cc2c(F)cccc2F)c(C)c1. The van der Waals surface area contributed by atoms with Gasteiger partial charge in [-0.05, 0) is 31.5 Å². The quantitative estimate of drug-likeness (QED) is 0.762. The van der Waals surface area contributed by atoms with Crippen molar-refractivity contribution in [1.29, 1.82) is 0 Å². The van der Waals surface area contributed by atoms with Gasteiger partial charge < -0.3 is 0 Å². The maximum Gasteiger partial charge on any atom is 0.167 e. The molecule has 0 N–H and O–H groups in total. The van der Waals surface area contributed by atoms with E-state index in [9.17, 15) is 13.6 Å². The van der Waals surface area contributed by atoms with E-state index in [4.69, 9.17) is 0 Å². The van der Waals surface area contributed by atoms with Gasteiger partial charge in [-0.1, -0.05) is 29.8 Å². The average Bonchev–Trinajstić information content (AvgIpc) is 2.33. The topological polar surface area (TPSA) is 17.1 Å². The molecule has 19 heavy (non-hydrogen) atoms. The number of hydrogen-bond acceptors (Lipinski definition) is 1. The van der Waals surface area contributed by atoms with Crippen molar-refractivity contribution in [2.45, 2.75) is 20.3 Å². The Morgan fingerprint density at radius 2 is 1.68 bits per heavy atom. The molecule has 0 aliphatic rings. The van der Waals surface area contributed by atoms with Crippen molar-refractivity contribution in [2.75, 3.05) is 0 Å². The van der Waals surface area contributed by atoms with Crippen molar-refractivity contribution in [1.82, 2.24) is 0 Å². The third-order valence-electron chi connectivity index (χ3n) is 3.08. The summed E-state index contributed by atoms with van der Waals surface area (Å²) in [5, 5.41) is 0. The Hall–Kier alpha value is -2.03. The fourth-order valence-corrected chi connectivity index (χ4v) is 2.08. The predicted molar refractivity (Wildman–Crippen MR) is 70.3 cm³/mol. The maximum atomic E-state index is 13.5. The second-order valence-electron chi connectivity index (χ2n) is 4.62. The number of aryl methyl sites for hydroxylation is 2. The lowest BCUT2D eigenvalue weighted by atomic mass is 9.97. The average molecular weight is 260 g/mol. The lowest BCUT2D eigenvalue weighted by Gasteiger charge is -2.07. The van der Waals surface area contributed by atoms with Gasteiger partial charge in [0.25, 0.3) is 0 Å². The van der Waals surface area contributed by atoms with Gasteiger partial charge in [-0.25, -0.2) is 8.78 Å². The van der Waals surface area contributed by atoms with Crippen LogP contribution in [0.3, 0.4) is 0 Å². The first-order chi connectivity index (χ1) is 8.99. The molecule has 0 aromatic heterocycles. The van der Waals surface area contributed by atoms with Crippen molar-refractivity contribution in [3.63, 3.8) is 0 Å². The van der Waals surface area contributed by atoms with E-state index >= 15 is 0 Å². The van der Waals surface area contributed by atoms with E-state index in [0.29, 0.717) is 5.56 Å².